The number of aliphatic hydroxyl groups excluding tert-OH is 1. The molecule has 4 rings (SSSR count). The van der Waals surface area contributed by atoms with Gasteiger partial charge in [0.1, 0.15) is 5.69 Å². The number of anilines is 2. The van der Waals surface area contributed by atoms with Gasteiger partial charge in [-0.15, -0.1) is 0 Å². The summed E-state index contributed by atoms with van der Waals surface area (Å²) in [6.45, 7) is 3.60. The van der Waals surface area contributed by atoms with E-state index in [4.69, 9.17) is 4.74 Å². The van der Waals surface area contributed by atoms with Crippen LogP contribution in [0.2, 0.25) is 0 Å². The molecule has 2 aliphatic rings. The van der Waals surface area contributed by atoms with Crippen LogP contribution in [0.4, 0.5) is 15.8 Å². The van der Waals surface area contributed by atoms with Crippen molar-refractivity contribution in [2.75, 3.05) is 49.7 Å². The number of esters is 1. The predicted molar refractivity (Wildman–Crippen MR) is 115 cm³/mol. The molecular formula is C23H28FN3O4. The molecule has 0 saturated carbocycles. The highest BCUT2D eigenvalue weighted by Crippen LogP contribution is 2.29. The number of halogens is 1. The third-order valence-electron chi connectivity index (χ3n) is 6.11. The van der Waals surface area contributed by atoms with Crippen molar-refractivity contribution in [1.29, 1.82) is 0 Å². The van der Waals surface area contributed by atoms with Gasteiger partial charge in [-0.1, -0.05) is 12.1 Å². The molecule has 2 aromatic rings. The average Bonchev–Trinajstić information content (AvgIpc) is 2.79. The lowest BCUT2D eigenvalue weighted by Crippen LogP contribution is -2.53. The van der Waals surface area contributed by atoms with Gasteiger partial charge in [0.25, 0.3) is 0 Å². The van der Waals surface area contributed by atoms with Gasteiger partial charge in [0, 0.05) is 31.7 Å². The highest BCUT2D eigenvalue weighted by Gasteiger charge is 2.31. The Morgan fingerprint density at radius 1 is 1.19 bits per heavy atom. The van der Waals surface area contributed by atoms with Crippen molar-refractivity contribution in [2.45, 2.75) is 25.6 Å². The first-order valence-electron chi connectivity index (χ1n) is 10.6. The van der Waals surface area contributed by atoms with Crippen LogP contribution in [0.15, 0.2) is 36.5 Å². The monoisotopic (exact) mass is 429 g/mol. The van der Waals surface area contributed by atoms with E-state index in [1.54, 1.807) is 30.5 Å². The van der Waals surface area contributed by atoms with Crippen LogP contribution in [0.5, 0.6) is 0 Å². The maximum atomic E-state index is 14.3. The second-order valence-corrected chi connectivity index (χ2v) is 8.09. The number of carbonyl (C=O) groups excluding carboxylic acids is 1. The first-order valence-corrected chi connectivity index (χ1v) is 10.6. The van der Waals surface area contributed by atoms with E-state index < -0.39 is 5.97 Å². The number of hydrogen-bond acceptors (Lipinski definition) is 7. The van der Waals surface area contributed by atoms with E-state index in [0.29, 0.717) is 42.6 Å². The Bertz CT molecular complexity index is 894. The van der Waals surface area contributed by atoms with Crippen LogP contribution in [0, 0.1) is 11.7 Å². The van der Waals surface area contributed by atoms with Crippen molar-refractivity contribution in [3.63, 3.8) is 0 Å². The Morgan fingerprint density at radius 3 is 2.61 bits per heavy atom. The van der Waals surface area contributed by atoms with Gasteiger partial charge in [0.05, 0.1) is 44.0 Å². The van der Waals surface area contributed by atoms with E-state index in [1.807, 2.05) is 11.0 Å². The molecule has 0 radical (unpaired) electrons. The number of aromatic nitrogens is 1. The molecule has 2 fully saturated rings. The number of methoxy groups -OCH3 is 1. The molecule has 166 valence electrons. The molecule has 2 saturated heterocycles. The fourth-order valence-electron chi connectivity index (χ4n) is 4.10. The van der Waals surface area contributed by atoms with Crippen molar-refractivity contribution in [3.05, 3.63) is 53.6 Å². The summed E-state index contributed by atoms with van der Waals surface area (Å²) in [5.41, 5.74) is 2.18. The van der Waals surface area contributed by atoms with Gasteiger partial charge in [-0.25, -0.2) is 14.2 Å². The molecule has 0 bridgehead atoms. The lowest BCUT2D eigenvalue weighted by molar-refractivity contribution is 0.00807. The van der Waals surface area contributed by atoms with Crippen LogP contribution in [-0.2, 0) is 16.1 Å². The smallest absolute Gasteiger partial charge is 0.356 e. The Morgan fingerprint density at radius 2 is 1.97 bits per heavy atom. The van der Waals surface area contributed by atoms with E-state index in [2.05, 4.69) is 14.6 Å². The predicted octanol–water partition coefficient (Wildman–Crippen LogP) is 2.62. The molecule has 2 aliphatic heterocycles. The van der Waals surface area contributed by atoms with Crippen LogP contribution >= 0.6 is 0 Å². The zero-order valence-electron chi connectivity index (χ0n) is 17.7. The molecule has 0 spiro atoms. The van der Waals surface area contributed by atoms with Crippen LogP contribution < -0.4 is 9.80 Å². The van der Waals surface area contributed by atoms with Gasteiger partial charge in [-0.2, -0.15) is 0 Å². The largest absolute Gasteiger partial charge is 0.464 e. The lowest BCUT2D eigenvalue weighted by Gasteiger charge is -2.42. The Hall–Kier alpha value is -2.71. The van der Waals surface area contributed by atoms with Gasteiger partial charge >= 0.3 is 5.97 Å². The molecular weight excluding hydrogens is 401 g/mol. The maximum absolute atomic E-state index is 14.3. The Balaban J connectivity index is 1.19. The highest BCUT2D eigenvalue weighted by atomic mass is 19.1. The number of benzene rings is 1. The molecule has 1 aromatic carbocycles. The minimum Gasteiger partial charge on any atom is -0.464 e. The number of ether oxygens (including phenoxy) is 2. The van der Waals surface area contributed by atoms with Crippen molar-refractivity contribution in [1.82, 2.24) is 4.98 Å². The van der Waals surface area contributed by atoms with E-state index in [9.17, 15) is 14.3 Å². The van der Waals surface area contributed by atoms with Gasteiger partial charge in [0.2, 0.25) is 0 Å². The third-order valence-corrected chi connectivity index (χ3v) is 6.11. The number of nitrogens with zero attached hydrogens (tertiary/aromatic N) is 3. The van der Waals surface area contributed by atoms with E-state index in [0.717, 1.165) is 31.6 Å². The van der Waals surface area contributed by atoms with E-state index >= 15 is 0 Å². The molecule has 1 aromatic heterocycles. The van der Waals surface area contributed by atoms with Crippen molar-refractivity contribution in [3.8, 4) is 0 Å². The number of hydrogen-bond donors (Lipinski definition) is 1. The van der Waals surface area contributed by atoms with Crippen LogP contribution in [0.1, 0.15) is 28.9 Å². The minimum atomic E-state index is -0.430. The summed E-state index contributed by atoms with van der Waals surface area (Å²) in [6, 6.07) is 8.71. The Kier molecular flexibility index (Phi) is 6.67. The number of carbonyl (C=O) groups is 1. The minimum absolute atomic E-state index is 0.116. The summed E-state index contributed by atoms with van der Waals surface area (Å²) in [7, 11) is 1.35. The number of piperidine rings is 1. The quantitative estimate of drug-likeness (QED) is 0.678. The van der Waals surface area contributed by atoms with Gasteiger partial charge in [-0.05, 0) is 37.0 Å². The highest BCUT2D eigenvalue weighted by molar-refractivity contribution is 5.87. The van der Waals surface area contributed by atoms with E-state index in [-0.39, 0.29) is 18.5 Å². The topological polar surface area (TPSA) is 75.1 Å². The van der Waals surface area contributed by atoms with Crippen LogP contribution in [0.25, 0.3) is 0 Å². The molecule has 3 heterocycles. The maximum Gasteiger partial charge on any atom is 0.356 e. The average molecular weight is 429 g/mol. The zero-order chi connectivity index (χ0) is 21.8. The lowest BCUT2D eigenvalue weighted by atomic mass is 9.97. The molecule has 1 N–H and O–H groups in total. The van der Waals surface area contributed by atoms with Crippen LogP contribution in [0.3, 0.4) is 0 Å². The number of pyridine rings is 1. The first-order chi connectivity index (χ1) is 15.1. The summed E-state index contributed by atoms with van der Waals surface area (Å²) < 4.78 is 25.1. The van der Waals surface area contributed by atoms with Crippen molar-refractivity contribution >= 4 is 17.3 Å². The fourth-order valence-corrected chi connectivity index (χ4v) is 4.10. The molecule has 0 atom stereocenters. The summed E-state index contributed by atoms with van der Waals surface area (Å²) in [5.74, 6) is -0.271. The normalized spacial score (nSPS) is 17.5. The van der Waals surface area contributed by atoms with Crippen molar-refractivity contribution in [2.24, 2.45) is 5.92 Å². The second kappa shape index (κ2) is 9.62. The standard InChI is InChI=1S/C23H28FN3O4/c1-30-23(29)20-6-5-18(11-25-20)26-9-7-16(8-10-26)15-31-19-12-27(13-19)21-4-2-3-17(14-28)22(21)24/h2-6,11,16,19,28H,7-10,12-15H2,1H3. The molecule has 0 aliphatic carbocycles. The van der Waals surface area contributed by atoms with Crippen LogP contribution in [-0.4, -0.2) is 62.1 Å². The molecule has 8 heteroatoms. The summed E-state index contributed by atoms with van der Waals surface area (Å²) in [5, 5.41) is 9.22. The molecule has 0 amide bonds. The van der Waals surface area contributed by atoms with Gasteiger partial charge in [0.15, 0.2) is 5.82 Å². The van der Waals surface area contributed by atoms with Crippen molar-refractivity contribution < 1.29 is 23.8 Å². The summed E-state index contributed by atoms with van der Waals surface area (Å²) in [4.78, 5) is 19.9. The molecule has 0 unspecified atom stereocenters. The number of rotatable bonds is 7. The third kappa shape index (κ3) is 4.80. The summed E-state index contributed by atoms with van der Waals surface area (Å²) in [6.07, 6.45) is 3.90. The second-order valence-electron chi connectivity index (χ2n) is 8.09. The Labute approximate surface area is 181 Å². The van der Waals surface area contributed by atoms with Gasteiger partial charge < -0.3 is 24.4 Å². The SMILES string of the molecule is COC(=O)c1ccc(N2CCC(COC3CN(c4cccc(CO)c4F)C3)CC2)cn1. The molecule has 7 nitrogen and oxygen atoms in total. The summed E-state index contributed by atoms with van der Waals surface area (Å²) >= 11 is 0. The molecule has 31 heavy (non-hydrogen) atoms. The first kappa shape index (κ1) is 21.5. The number of aliphatic hydroxyl groups is 1. The van der Waals surface area contributed by atoms with Gasteiger partial charge in [-0.3, -0.25) is 0 Å². The van der Waals surface area contributed by atoms with E-state index in [1.165, 1.54) is 7.11 Å². The fraction of sp³-hybridized carbons (Fsp3) is 0.478. The zero-order valence-corrected chi connectivity index (χ0v) is 17.7.